The van der Waals surface area contributed by atoms with E-state index in [0.29, 0.717) is 5.82 Å². The number of amides is 1. The number of nitrogens with zero attached hydrogens (tertiary/aromatic N) is 4. The minimum Gasteiger partial charge on any atom is -0.352 e. The fourth-order valence-corrected chi connectivity index (χ4v) is 2.18. The van der Waals surface area contributed by atoms with E-state index in [2.05, 4.69) is 20.6 Å². The van der Waals surface area contributed by atoms with Gasteiger partial charge in [-0.3, -0.25) is 4.79 Å². The largest absolute Gasteiger partial charge is 0.352 e. The van der Waals surface area contributed by atoms with Crippen LogP contribution in [-0.2, 0) is 14.2 Å². The van der Waals surface area contributed by atoms with Crippen LogP contribution in [0.2, 0.25) is 0 Å². The van der Waals surface area contributed by atoms with E-state index in [-0.39, 0.29) is 18.1 Å². The molecule has 1 aliphatic rings. The summed E-state index contributed by atoms with van der Waals surface area (Å²) < 4.78 is 17.5. The molecule has 0 bridgehead atoms. The molecule has 0 aliphatic carbocycles. The fraction of sp³-hybridized carbons (Fsp3) is 0.333. The summed E-state index contributed by atoms with van der Waals surface area (Å²) >= 11 is 0. The minimum absolute atomic E-state index is 0.112. The molecule has 126 valence electrons. The van der Waals surface area contributed by atoms with Crippen molar-refractivity contribution < 1.29 is 19.0 Å². The topological polar surface area (TPSA) is 100 Å². The highest BCUT2D eigenvalue weighted by Gasteiger charge is 2.36. The fourth-order valence-electron chi connectivity index (χ4n) is 2.18. The number of methoxy groups -OCH3 is 2. The zero-order chi connectivity index (χ0) is 17.0. The highest BCUT2D eigenvalue weighted by atomic mass is 16.8. The van der Waals surface area contributed by atoms with Gasteiger partial charge in [0.25, 0.3) is 5.91 Å². The molecule has 2 aromatic heterocycles. The van der Waals surface area contributed by atoms with Crippen LogP contribution < -0.4 is 5.32 Å². The molecular formula is C15H17N5O4. The van der Waals surface area contributed by atoms with Crippen molar-refractivity contribution >= 4 is 5.91 Å². The van der Waals surface area contributed by atoms with Crippen LogP contribution in [-0.4, -0.2) is 58.7 Å². The van der Waals surface area contributed by atoms with Crippen LogP contribution in [0.1, 0.15) is 10.5 Å². The van der Waals surface area contributed by atoms with Gasteiger partial charge in [-0.1, -0.05) is 0 Å². The van der Waals surface area contributed by atoms with Crippen molar-refractivity contribution in [2.45, 2.75) is 12.1 Å². The second-order valence-corrected chi connectivity index (χ2v) is 5.01. The number of rotatable bonds is 6. The van der Waals surface area contributed by atoms with Gasteiger partial charge < -0.3 is 19.5 Å². The third kappa shape index (κ3) is 3.32. The predicted molar refractivity (Wildman–Crippen MR) is 82.2 cm³/mol. The molecular weight excluding hydrogens is 314 g/mol. The summed E-state index contributed by atoms with van der Waals surface area (Å²) in [6, 6.07) is 5.00. The maximum absolute atomic E-state index is 12.2. The molecule has 0 aromatic carbocycles. The van der Waals surface area contributed by atoms with Crippen molar-refractivity contribution in [2.75, 3.05) is 20.8 Å². The van der Waals surface area contributed by atoms with Gasteiger partial charge in [-0.25, -0.2) is 4.68 Å². The Labute approximate surface area is 138 Å². The minimum atomic E-state index is -1.06. The van der Waals surface area contributed by atoms with Crippen LogP contribution in [0.3, 0.4) is 0 Å². The Kier molecular flexibility index (Phi) is 4.65. The molecule has 1 amide bonds. The molecule has 1 aliphatic heterocycles. The van der Waals surface area contributed by atoms with Crippen molar-refractivity contribution in [1.29, 1.82) is 0 Å². The zero-order valence-corrected chi connectivity index (χ0v) is 13.2. The van der Waals surface area contributed by atoms with E-state index in [1.165, 1.54) is 14.2 Å². The molecule has 0 spiro atoms. The van der Waals surface area contributed by atoms with Gasteiger partial charge in [0.15, 0.2) is 17.8 Å². The third-order valence-electron chi connectivity index (χ3n) is 3.52. The number of hydrogen-bond acceptors (Lipinski definition) is 7. The van der Waals surface area contributed by atoms with E-state index in [1.54, 1.807) is 47.4 Å². The van der Waals surface area contributed by atoms with Gasteiger partial charge >= 0.3 is 0 Å². The summed E-state index contributed by atoms with van der Waals surface area (Å²) in [6.45, 7) is 0.112. The Hall–Kier alpha value is -2.62. The lowest BCUT2D eigenvalue weighted by atomic mass is 10.2. The van der Waals surface area contributed by atoms with Crippen LogP contribution >= 0.6 is 0 Å². The molecule has 2 aromatic rings. The van der Waals surface area contributed by atoms with Gasteiger partial charge in [0.1, 0.15) is 0 Å². The highest BCUT2D eigenvalue weighted by Crippen LogP contribution is 2.24. The molecule has 24 heavy (non-hydrogen) atoms. The van der Waals surface area contributed by atoms with Crippen LogP contribution in [0.25, 0.3) is 5.82 Å². The van der Waals surface area contributed by atoms with E-state index in [9.17, 15) is 4.79 Å². The van der Waals surface area contributed by atoms with E-state index < -0.39 is 12.1 Å². The van der Waals surface area contributed by atoms with E-state index in [1.807, 2.05) is 0 Å². The maximum atomic E-state index is 12.2. The van der Waals surface area contributed by atoms with Gasteiger partial charge in [0, 0.05) is 26.6 Å². The van der Waals surface area contributed by atoms with Crippen molar-refractivity contribution in [3.05, 3.63) is 48.4 Å². The van der Waals surface area contributed by atoms with Crippen molar-refractivity contribution in [3.63, 3.8) is 0 Å². The first-order valence-electron chi connectivity index (χ1n) is 7.23. The number of hydrogen-bond donors (Lipinski definition) is 1. The first-order chi connectivity index (χ1) is 11.7. The summed E-state index contributed by atoms with van der Waals surface area (Å²) in [7, 11) is 3.02. The smallest absolute Gasteiger partial charge is 0.272 e. The van der Waals surface area contributed by atoms with Crippen molar-refractivity contribution in [1.82, 2.24) is 25.3 Å². The molecule has 9 nitrogen and oxygen atoms in total. The Balaban J connectivity index is 1.62. The summed E-state index contributed by atoms with van der Waals surface area (Å²) in [5, 5.41) is 14.6. The number of nitrogens with one attached hydrogen (secondary N) is 1. The quantitative estimate of drug-likeness (QED) is 0.760. The molecule has 0 radical (unpaired) electrons. The standard InChI is InChI=1S/C15H17N5O4/c1-22-13-6-7-15(23-2,24-13)10-16-14(21)11-4-5-12(19-18-11)20-9-3-8-17-20/h3-9,13H,10H2,1-2H3,(H,16,21)/t13-,15+/m1/s1. The molecule has 9 heteroatoms. The summed E-state index contributed by atoms with van der Waals surface area (Å²) in [5.74, 6) is -0.919. The van der Waals surface area contributed by atoms with Gasteiger partial charge in [0.2, 0.25) is 5.79 Å². The maximum Gasteiger partial charge on any atom is 0.272 e. The summed E-state index contributed by atoms with van der Waals surface area (Å²) in [5.41, 5.74) is 0.183. The van der Waals surface area contributed by atoms with Crippen LogP contribution in [0.15, 0.2) is 42.7 Å². The van der Waals surface area contributed by atoms with Crippen LogP contribution in [0.5, 0.6) is 0 Å². The normalized spacial score (nSPS) is 22.7. The number of carbonyl (C=O) groups excluding carboxylic acids is 1. The number of carbonyl (C=O) groups is 1. The molecule has 0 saturated heterocycles. The number of aromatic nitrogens is 4. The third-order valence-corrected chi connectivity index (χ3v) is 3.52. The molecule has 0 saturated carbocycles. The van der Waals surface area contributed by atoms with Crippen LogP contribution in [0, 0.1) is 0 Å². The summed E-state index contributed by atoms with van der Waals surface area (Å²) in [6.07, 6.45) is 6.29. The molecule has 3 heterocycles. The first kappa shape index (κ1) is 16.2. The predicted octanol–water partition coefficient (Wildman–Crippen LogP) is 0.294. The molecule has 3 rings (SSSR count). The van der Waals surface area contributed by atoms with Crippen LogP contribution in [0.4, 0.5) is 0 Å². The Bertz CT molecular complexity index is 716. The van der Waals surface area contributed by atoms with Gasteiger partial charge in [0.05, 0.1) is 6.54 Å². The lowest BCUT2D eigenvalue weighted by Gasteiger charge is -2.27. The average Bonchev–Trinajstić information content (AvgIpc) is 3.30. The second kappa shape index (κ2) is 6.87. The first-order valence-corrected chi connectivity index (χ1v) is 7.23. The van der Waals surface area contributed by atoms with E-state index in [4.69, 9.17) is 14.2 Å². The van der Waals surface area contributed by atoms with E-state index >= 15 is 0 Å². The molecule has 0 fully saturated rings. The Morgan fingerprint density at radius 3 is 2.88 bits per heavy atom. The molecule has 1 N–H and O–H groups in total. The SMILES string of the molecule is CO[C@H]1C=C[C@](CNC(=O)c2ccc(-n3cccn3)nn2)(OC)O1. The van der Waals surface area contributed by atoms with Gasteiger partial charge in [-0.15, -0.1) is 10.2 Å². The van der Waals surface area contributed by atoms with Crippen molar-refractivity contribution in [3.8, 4) is 5.82 Å². The monoisotopic (exact) mass is 331 g/mol. The van der Waals surface area contributed by atoms with Crippen molar-refractivity contribution in [2.24, 2.45) is 0 Å². The lowest BCUT2D eigenvalue weighted by Crippen LogP contribution is -2.44. The average molecular weight is 331 g/mol. The van der Waals surface area contributed by atoms with Gasteiger partial charge in [-0.2, -0.15) is 5.10 Å². The Morgan fingerprint density at radius 2 is 2.29 bits per heavy atom. The van der Waals surface area contributed by atoms with Gasteiger partial charge in [-0.05, 0) is 30.4 Å². The molecule has 2 atom stereocenters. The summed E-state index contributed by atoms with van der Waals surface area (Å²) in [4.78, 5) is 12.2. The second-order valence-electron chi connectivity index (χ2n) is 5.01. The zero-order valence-electron chi connectivity index (χ0n) is 13.2. The van der Waals surface area contributed by atoms with E-state index in [0.717, 1.165) is 0 Å². The lowest BCUT2D eigenvalue weighted by molar-refractivity contribution is -0.238. The highest BCUT2D eigenvalue weighted by molar-refractivity contribution is 5.92. The molecule has 0 unspecified atom stereocenters. The Morgan fingerprint density at radius 1 is 1.42 bits per heavy atom. The number of ether oxygens (including phenoxy) is 3.